The molecule has 3 aromatic carbocycles. The lowest BCUT2D eigenvalue weighted by molar-refractivity contribution is 0.559. The number of halogens is 1. The Morgan fingerprint density at radius 2 is 1.72 bits per heavy atom. The molecule has 0 N–H and O–H groups in total. The molecule has 0 aliphatic heterocycles. The zero-order chi connectivity index (χ0) is 22.2. The van der Waals surface area contributed by atoms with E-state index >= 15 is 0 Å². The van der Waals surface area contributed by atoms with Crippen LogP contribution in [0.15, 0.2) is 82.0 Å². The van der Waals surface area contributed by atoms with Gasteiger partial charge in [0.2, 0.25) is 0 Å². The summed E-state index contributed by atoms with van der Waals surface area (Å²) in [7, 11) is 0. The van der Waals surface area contributed by atoms with E-state index in [2.05, 4.69) is 0 Å². The summed E-state index contributed by atoms with van der Waals surface area (Å²) in [6, 6.07) is 22.3. The van der Waals surface area contributed by atoms with Crippen LogP contribution in [0.1, 0.15) is 18.1 Å². The summed E-state index contributed by atoms with van der Waals surface area (Å²) < 4.78 is 19.7. The number of hydrogen-bond acceptors (Lipinski definition) is 4. The summed E-state index contributed by atoms with van der Waals surface area (Å²) in [6.07, 6.45) is 0.548. The Bertz CT molecular complexity index is 1480. The van der Waals surface area contributed by atoms with Crippen molar-refractivity contribution in [1.29, 1.82) is 0 Å². The summed E-state index contributed by atoms with van der Waals surface area (Å²) in [5, 5.41) is 1.42. The molecule has 3 nitrogen and oxygen atoms in total. The maximum Gasteiger partial charge on any atom is 0.346 e. The zero-order valence-corrected chi connectivity index (χ0v) is 18.5. The lowest BCUT2D eigenvalue weighted by atomic mass is 9.98. The van der Waals surface area contributed by atoms with Gasteiger partial charge in [0, 0.05) is 10.9 Å². The Kier molecular flexibility index (Phi) is 5.19. The Balaban J connectivity index is 1.84. The molecule has 5 heteroatoms. The molecule has 0 aliphatic carbocycles. The molecule has 0 spiro atoms. The van der Waals surface area contributed by atoms with Crippen molar-refractivity contribution < 1.29 is 8.81 Å². The molecule has 0 bridgehead atoms. The first-order valence-electron chi connectivity index (χ1n) is 10.4. The maximum atomic E-state index is 14.1. The lowest BCUT2D eigenvalue weighted by Crippen LogP contribution is -2.09. The molecule has 32 heavy (non-hydrogen) atoms. The third-order valence-electron chi connectivity index (χ3n) is 5.53. The van der Waals surface area contributed by atoms with Gasteiger partial charge in [0.15, 0.2) is 0 Å². The van der Waals surface area contributed by atoms with Crippen LogP contribution in [0.25, 0.3) is 43.2 Å². The van der Waals surface area contributed by atoms with Gasteiger partial charge in [-0.1, -0.05) is 67.1 Å². The average Bonchev–Trinajstić information content (AvgIpc) is 3.24. The highest BCUT2D eigenvalue weighted by Gasteiger charge is 2.23. The second kappa shape index (κ2) is 8.17. The van der Waals surface area contributed by atoms with Crippen LogP contribution in [0, 0.1) is 12.7 Å². The predicted molar refractivity (Wildman–Crippen MR) is 129 cm³/mol. The number of fused-ring (bicyclic) bond motifs is 1. The van der Waals surface area contributed by atoms with Gasteiger partial charge in [-0.3, -0.25) is 0 Å². The molecule has 2 aromatic heterocycles. The van der Waals surface area contributed by atoms with Gasteiger partial charge in [-0.2, -0.15) is 0 Å². The highest BCUT2D eigenvalue weighted by Crippen LogP contribution is 2.41. The number of thiazole rings is 1. The lowest BCUT2D eigenvalue weighted by Gasteiger charge is -2.10. The average molecular weight is 442 g/mol. The normalized spacial score (nSPS) is 11.2. The number of benzene rings is 3. The molecule has 0 amide bonds. The first-order valence-corrected chi connectivity index (χ1v) is 11.3. The molecular weight excluding hydrogens is 421 g/mol. The smallest absolute Gasteiger partial charge is 0.346 e. The summed E-state index contributed by atoms with van der Waals surface area (Å²) in [4.78, 5) is 19.0. The molecule has 0 atom stereocenters. The fourth-order valence-corrected chi connectivity index (χ4v) is 5.02. The molecule has 158 valence electrons. The first kappa shape index (κ1) is 20.3. The largest absolute Gasteiger partial charge is 0.422 e. The van der Waals surface area contributed by atoms with Gasteiger partial charge in [0.25, 0.3) is 0 Å². The molecule has 0 saturated heterocycles. The molecular formula is C27H20FNO2S. The Hall–Kier alpha value is -3.57. The van der Waals surface area contributed by atoms with Crippen LogP contribution in [0.2, 0.25) is 0 Å². The van der Waals surface area contributed by atoms with Gasteiger partial charge >= 0.3 is 5.63 Å². The summed E-state index contributed by atoms with van der Waals surface area (Å²) >= 11 is 1.54. The summed E-state index contributed by atoms with van der Waals surface area (Å²) in [6.45, 7) is 3.99. The summed E-state index contributed by atoms with van der Waals surface area (Å²) in [5.41, 5.74) is 4.75. The van der Waals surface area contributed by atoms with Gasteiger partial charge < -0.3 is 4.42 Å². The van der Waals surface area contributed by atoms with Gasteiger partial charge in [0.1, 0.15) is 16.4 Å². The van der Waals surface area contributed by atoms with Crippen molar-refractivity contribution in [3.05, 3.63) is 100 Å². The van der Waals surface area contributed by atoms with Crippen molar-refractivity contribution in [2.45, 2.75) is 20.3 Å². The van der Waals surface area contributed by atoms with Gasteiger partial charge in [-0.05, 0) is 42.7 Å². The minimum Gasteiger partial charge on any atom is -0.422 e. The van der Waals surface area contributed by atoms with E-state index in [0.29, 0.717) is 28.6 Å². The van der Waals surface area contributed by atoms with Crippen LogP contribution in [0.5, 0.6) is 0 Å². The Morgan fingerprint density at radius 1 is 0.969 bits per heavy atom. The molecule has 0 saturated carbocycles. The van der Waals surface area contributed by atoms with Crippen molar-refractivity contribution in [1.82, 2.24) is 4.98 Å². The van der Waals surface area contributed by atoms with Crippen molar-refractivity contribution >= 4 is 22.3 Å². The number of hydrogen-bond donors (Lipinski definition) is 0. The molecule has 0 radical (unpaired) electrons. The minimum absolute atomic E-state index is 0.367. The van der Waals surface area contributed by atoms with Gasteiger partial charge in [-0.15, -0.1) is 11.3 Å². The number of aromatic nitrogens is 1. The molecule has 5 rings (SSSR count). The minimum atomic E-state index is -0.459. The van der Waals surface area contributed by atoms with E-state index in [9.17, 15) is 9.18 Å². The van der Waals surface area contributed by atoms with E-state index in [1.165, 1.54) is 29.5 Å². The highest BCUT2D eigenvalue weighted by atomic mass is 32.1. The van der Waals surface area contributed by atoms with Crippen LogP contribution in [0.4, 0.5) is 4.39 Å². The van der Waals surface area contributed by atoms with Crippen LogP contribution in [-0.4, -0.2) is 4.98 Å². The maximum absolute atomic E-state index is 14.1. The second-order valence-corrected chi connectivity index (χ2v) is 8.66. The third kappa shape index (κ3) is 3.55. The molecule has 2 heterocycles. The SMILES string of the molecule is CCc1c(-c2nc(-c3ccccc3)sc2-c2ccc(C)cc2)c(=O)oc2ccc(F)cc12. The fraction of sp³-hybridized carbons (Fsp3) is 0.111. The van der Waals surface area contributed by atoms with Crippen molar-refractivity contribution in [3.63, 3.8) is 0 Å². The van der Waals surface area contributed by atoms with Crippen LogP contribution in [0.3, 0.4) is 0 Å². The van der Waals surface area contributed by atoms with Crippen LogP contribution in [-0.2, 0) is 6.42 Å². The van der Waals surface area contributed by atoms with E-state index < -0.39 is 5.63 Å². The van der Waals surface area contributed by atoms with Crippen molar-refractivity contribution in [2.75, 3.05) is 0 Å². The van der Waals surface area contributed by atoms with Gasteiger partial charge in [0.05, 0.1) is 16.1 Å². The molecule has 0 aliphatic rings. The third-order valence-corrected chi connectivity index (χ3v) is 6.68. The van der Waals surface area contributed by atoms with Crippen molar-refractivity contribution in [2.24, 2.45) is 0 Å². The molecule has 0 unspecified atom stereocenters. The van der Waals surface area contributed by atoms with E-state index in [1.807, 2.05) is 68.4 Å². The summed E-state index contributed by atoms with van der Waals surface area (Å²) in [5.74, 6) is -0.367. The van der Waals surface area contributed by atoms with E-state index in [0.717, 1.165) is 32.1 Å². The quantitative estimate of drug-likeness (QED) is 0.276. The Labute approximate surface area is 188 Å². The second-order valence-electron chi connectivity index (χ2n) is 7.67. The molecule has 5 aromatic rings. The standard InChI is InChI=1S/C27H20FNO2S/c1-3-20-21-15-19(28)13-14-22(21)31-27(30)23(20)24-25(17-11-9-16(2)10-12-17)32-26(29-24)18-7-5-4-6-8-18/h4-15H,3H2,1-2H3. The first-order chi connectivity index (χ1) is 15.5. The zero-order valence-electron chi connectivity index (χ0n) is 17.7. The topological polar surface area (TPSA) is 43.1 Å². The number of nitrogens with zero attached hydrogens (tertiary/aromatic N) is 1. The highest BCUT2D eigenvalue weighted by molar-refractivity contribution is 7.19. The molecule has 0 fully saturated rings. The van der Waals surface area contributed by atoms with E-state index in [-0.39, 0.29) is 5.82 Å². The fourth-order valence-electron chi connectivity index (χ4n) is 3.94. The van der Waals surface area contributed by atoms with E-state index in [1.54, 1.807) is 0 Å². The van der Waals surface area contributed by atoms with Crippen LogP contribution >= 0.6 is 11.3 Å². The number of rotatable bonds is 4. The van der Waals surface area contributed by atoms with Crippen LogP contribution < -0.4 is 5.63 Å². The van der Waals surface area contributed by atoms with Crippen molar-refractivity contribution in [3.8, 4) is 32.3 Å². The van der Waals surface area contributed by atoms with E-state index in [4.69, 9.17) is 9.40 Å². The van der Waals surface area contributed by atoms with Gasteiger partial charge in [-0.25, -0.2) is 14.2 Å². The number of aryl methyl sites for hydroxylation is 2. The monoisotopic (exact) mass is 441 g/mol. The Morgan fingerprint density at radius 3 is 2.44 bits per heavy atom. The predicted octanol–water partition coefficient (Wildman–Crippen LogP) is 7.26.